The van der Waals surface area contributed by atoms with Crippen LogP contribution in [0.4, 0.5) is 0 Å². The van der Waals surface area contributed by atoms with E-state index in [1.54, 1.807) is 6.08 Å². The topological polar surface area (TPSA) is 105 Å². The number of allylic oxidation sites excluding steroid dienone is 5. The largest absolute Gasteiger partial charge is 0.472 e. The number of likely N-dealkylation sites (N-methyl/N-ethyl adjacent to an activating group) is 1. The van der Waals surface area contributed by atoms with Gasteiger partial charge in [0.05, 0.1) is 39.9 Å². The number of phosphoric acid groups is 1. The second kappa shape index (κ2) is 47.8. The quantitative estimate of drug-likeness (QED) is 0.0243. The van der Waals surface area contributed by atoms with Crippen molar-refractivity contribution in [1.82, 2.24) is 5.32 Å². The van der Waals surface area contributed by atoms with Gasteiger partial charge in [0.25, 0.3) is 0 Å². The van der Waals surface area contributed by atoms with Crippen LogP contribution in [-0.2, 0) is 18.4 Å². The van der Waals surface area contributed by atoms with E-state index >= 15 is 0 Å². The molecule has 0 aliphatic carbocycles. The molecule has 0 bridgehead atoms. The van der Waals surface area contributed by atoms with Gasteiger partial charge in [-0.15, -0.1) is 0 Å². The molecule has 0 aromatic rings. The highest BCUT2D eigenvalue weighted by atomic mass is 31.2. The zero-order valence-corrected chi connectivity index (χ0v) is 44.6. The number of phosphoric ester groups is 1. The van der Waals surface area contributed by atoms with E-state index < -0.39 is 20.0 Å². The maximum Gasteiger partial charge on any atom is 0.472 e. The number of hydrogen-bond donors (Lipinski definition) is 3. The molecule has 1 amide bonds. The van der Waals surface area contributed by atoms with Gasteiger partial charge >= 0.3 is 7.82 Å². The third kappa shape index (κ3) is 50.4. The molecular formula is C56H110N2O6P+. The van der Waals surface area contributed by atoms with E-state index in [1.807, 2.05) is 27.2 Å². The summed E-state index contributed by atoms with van der Waals surface area (Å²) in [5.74, 6) is -0.185. The van der Waals surface area contributed by atoms with Crippen molar-refractivity contribution in [1.29, 1.82) is 0 Å². The van der Waals surface area contributed by atoms with Gasteiger partial charge in [-0.25, -0.2) is 4.57 Å². The summed E-state index contributed by atoms with van der Waals surface area (Å²) in [6, 6.07) is -0.861. The molecule has 65 heavy (non-hydrogen) atoms. The van der Waals surface area contributed by atoms with E-state index in [9.17, 15) is 19.4 Å². The molecule has 3 N–H and O–H groups in total. The van der Waals surface area contributed by atoms with Gasteiger partial charge in [0.1, 0.15) is 13.2 Å². The van der Waals surface area contributed by atoms with Crippen molar-refractivity contribution in [3.05, 3.63) is 36.5 Å². The van der Waals surface area contributed by atoms with Crippen LogP contribution < -0.4 is 5.32 Å². The number of rotatable bonds is 51. The van der Waals surface area contributed by atoms with Crippen LogP contribution in [0.3, 0.4) is 0 Å². The van der Waals surface area contributed by atoms with E-state index in [0.29, 0.717) is 17.4 Å². The van der Waals surface area contributed by atoms with Crippen molar-refractivity contribution in [3.63, 3.8) is 0 Å². The molecule has 9 heteroatoms. The van der Waals surface area contributed by atoms with Crippen molar-refractivity contribution in [2.24, 2.45) is 0 Å². The standard InChI is InChI=1S/C56H109N2O6P/c1-6-8-10-12-14-16-18-20-21-22-23-24-25-26-27-28-29-30-31-32-33-34-35-36-38-40-42-44-46-48-50-56(60)57-54(53-64-65(61,62)63-52-51-58(3,4)5)55(59)49-47-45-43-41-39-37-19-17-15-13-11-9-7-2/h26-27,39,41,47,49,54-55,59H,6-25,28-38,40,42-46,48,50-53H2,1-5H3,(H-,57,60,61,62)/p+1/b27-26-,41-39+,49-47+. The summed E-state index contributed by atoms with van der Waals surface area (Å²) in [6.07, 6.45) is 61.1. The fourth-order valence-corrected chi connectivity index (χ4v) is 8.91. The minimum absolute atomic E-state index is 0.0569. The number of aliphatic hydroxyl groups excluding tert-OH is 1. The van der Waals surface area contributed by atoms with Crippen LogP contribution in [0.1, 0.15) is 264 Å². The fourth-order valence-electron chi connectivity index (χ4n) is 8.17. The highest BCUT2D eigenvalue weighted by Crippen LogP contribution is 2.43. The normalized spacial score (nSPS) is 14.3. The Morgan fingerprint density at radius 2 is 0.846 bits per heavy atom. The predicted molar refractivity (Wildman–Crippen MR) is 281 cm³/mol. The van der Waals surface area contributed by atoms with Crippen LogP contribution in [0.25, 0.3) is 0 Å². The SMILES string of the molecule is CCCCCCCCC/C=C/CC/C=C/C(O)C(COP(=O)(O)OCC[N+](C)(C)C)NC(=O)CCCCCCCCCCCCCCCC/C=C\CCCCCCCCCCCCCC. The number of carbonyl (C=O) groups excluding carboxylic acids is 1. The summed E-state index contributed by atoms with van der Waals surface area (Å²) >= 11 is 0. The third-order valence-corrected chi connectivity index (χ3v) is 13.6. The number of unbranched alkanes of at least 4 members (excludes halogenated alkanes) is 34. The van der Waals surface area contributed by atoms with Crippen molar-refractivity contribution >= 4 is 13.7 Å². The molecule has 3 unspecified atom stereocenters. The van der Waals surface area contributed by atoms with Crippen molar-refractivity contribution in [2.75, 3.05) is 40.9 Å². The highest BCUT2D eigenvalue weighted by Gasteiger charge is 2.27. The summed E-state index contributed by atoms with van der Waals surface area (Å²) in [5.41, 5.74) is 0. The second-order valence-corrected chi connectivity index (χ2v) is 21.8. The lowest BCUT2D eigenvalue weighted by atomic mass is 10.0. The van der Waals surface area contributed by atoms with Crippen molar-refractivity contribution < 1.29 is 32.9 Å². The predicted octanol–water partition coefficient (Wildman–Crippen LogP) is 16.6. The average Bonchev–Trinajstić information content (AvgIpc) is 3.26. The summed E-state index contributed by atoms with van der Waals surface area (Å²) in [7, 11) is 1.56. The molecule has 3 atom stereocenters. The van der Waals surface area contributed by atoms with Crippen LogP contribution in [0.15, 0.2) is 36.5 Å². The number of aliphatic hydroxyl groups is 1. The Morgan fingerprint density at radius 3 is 1.23 bits per heavy atom. The van der Waals surface area contributed by atoms with Gasteiger partial charge in [-0.2, -0.15) is 0 Å². The maximum atomic E-state index is 12.9. The first-order valence-electron chi connectivity index (χ1n) is 27.9. The second-order valence-electron chi connectivity index (χ2n) is 20.3. The lowest BCUT2D eigenvalue weighted by molar-refractivity contribution is -0.870. The van der Waals surface area contributed by atoms with Gasteiger partial charge < -0.3 is 19.8 Å². The fraction of sp³-hybridized carbons (Fsp3) is 0.875. The summed E-state index contributed by atoms with van der Waals surface area (Å²) in [4.78, 5) is 23.2. The minimum Gasteiger partial charge on any atom is -0.387 e. The molecule has 0 radical (unpaired) electrons. The number of carbonyl (C=O) groups is 1. The minimum atomic E-state index is -4.35. The van der Waals surface area contributed by atoms with Crippen molar-refractivity contribution in [2.45, 2.75) is 276 Å². The molecule has 0 aliphatic heterocycles. The van der Waals surface area contributed by atoms with E-state index in [1.165, 1.54) is 205 Å². The summed E-state index contributed by atoms with van der Waals surface area (Å²) in [5, 5.41) is 13.8. The Morgan fingerprint density at radius 1 is 0.508 bits per heavy atom. The first-order chi connectivity index (χ1) is 31.5. The first kappa shape index (κ1) is 63.7. The molecule has 0 aromatic carbocycles. The molecule has 8 nitrogen and oxygen atoms in total. The Hall–Kier alpha value is -1.28. The van der Waals surface area contributed by atoms with Crippen LogP contribution in [-0.4, -0.2) is 73.4 Å². The summed E-state index contributed by atoms with van der Waals surface area (Å²) < 4.78 is 23.6. The van der Waals surface area contributed by atoms with E-state index in [2.05, 4.69) is 43.5 Å². The number of nitrogens with one attached hydrogen (secondary N) is 1. The zero-order valence-electron chi connectivity index (χ0n) is 43.7. The zero-order chi connectivity index (χ0) is 47.8. The Labute approximate surface area is 404 Å². The number of amides is 1. The number of quaternary nitrogens is 1. The van der Waals surface area contributed by atoms with Gasteiger partial charge in [-0.1, -0.05) is 237 Å². The van der Waals surface area contributed by atoms with E-state index in [-0.39, 0.29) is 19.1 Å². The molecule has 0 rings (SSSR count). The highest BCUT2D eigenvalue weighted by molar-refractivity contribution is 7.47. The van der Waals surface area contributed by atoms with Crippen molar-refractivity contribution in [3.8, 4) is 0 Å². The van der Waals surface area contributed by atoms with Gasteiger partial charge in [0.15, 0.2) is 0 Å². The average molecular weight is 938 g/mol. The van der Waals surface area contributed by atoms with E-state index in [0.717, 1.165) is 38.5 Å². The smallest absolute Gasteiger partial charge is 0.387 e. The molecule has 0 aromatic heterocycles. The van der Waals surface area contributed by atoms with Gasteiger partial charge in [0.2, 0.25) is 5.91 Å². The maximum absolute atomic E-state index is 12.9. The molecule has 0 heterocycles. The number of nitrogens with zero attached hydrogens (tertiary/aromatic N) is 1. The lowest BCUT2D eigenvalue weighted by Crippen LogP contribution is -2.45. The molecular weight excluding hydrogens is 828 g/mol. The van der Waals surface area contributed by atoms with Crippen LogP contribution in [0, 0.1) is 0 Å². The third-order valence-electron chi connectivity index (χ3n) is 12.6. The Bertz CT molecular complexity index is 1150. The van der Waals surface area contributed by atoms with Gasteiger partial charge in [-0.05, 0) is 57.8 Å². The van der Waals surface area contributed by atoms with E-state index in [4.69, 9.17) is 9.05 Å². The van der Waals surface area contributed by atoms with Crippen LogP contribution in [0.2, 0.25) is 0 Å². The molecule has 0 fully saturated rings. The van der Waals surface area contributed by atoms with Gasteiger partial charge in [0, 0.05) is 6.42 Å². The monoisotopic (exact) mass is 938 g/mol. The molecule has 0 saturated heterocycles. The first-order valence-corrected chi connectivity index (χ1v) is 29.4. The molecule has 0 spiro atoms. The number of hydrogen-bond acceptors (Lipinski definition) is 5. The molecule has 0 saturated carbocycles. The molecule has 0 aliphatic rings. The summed E-state index contributed by atoms with van der Waals surface area (Å²) in [6.45, 7) is 4.80. The Kier molecular flexibility index (Phi) is 46.8. The molecule has 384 valence electrons. The Balaban J connectivity index is 4.08. The van der Waals surface area contributed by atoms with Crippen LogP contribution >= 0.6 is 7.82 Å². The van der Waals surface area contributed by atoms with Crippen LogP contribution in [0.5, 0.6) is 0 Å². The van der Waals surface area contributed by atoms with Gasteiger partial charge in [-0.3, -0.25) is 13.8 Å². The lowest BCUT2D eigenvalue weighted by Gasteiger charge is -2.25.